The first-order chi connectivity index (χ1) is 14.6. The molecule has 4 rings (SSSR count). The number of fused-ring (bicyclic) bond motifs is 3. The first-order valence-electron chi connectivity index (χ1n) is 10.3. The van der Waals surface area contributed by atoms with E-state index >= 15 is 0 Å². The molecular weight excluding hydrogens is 380 g/mol. The van der Waals surface area contributed by atoms with Gasteiger partial charge in [-0.05, 0) is 42.7 Å². The molecule has 0 aliphatic carbocycles. The van der Waals surface area contributed by atoms with Crippen molar-refractivity contribution in [2.45, 2.75) is 32.2 Å². The molecule has 2 aromatic carbocycles. The predicted octanol–water partition coefficient (Wildman–Crippen LogP) is 3.55. The van der Waals surface area contributed by atoms with Crippen LogP contribution in [0.2, 0.25) is 0 Å². The summed E-state index contributed by atoms with van der Waals surface area (Å²) in [5.41, 5.74) is 3.62. The second kappa shape index (κ2) is 8.67. The number of para-hydroxylation sites is 2. The number of nitrogens with zero attached hydrogens (tertiary/aromatic N) is 3. The number of anilines is 2. The highest BCUT2D eigenvalue weighted by Gasteiger charge is 2.40. The number of hydrogen-bond acceptors (Lipinski definition) is 4. The summed E-state index contributed by atoms with van der Waals surface area (Å²) < 4.78 is 7.02. The third-order valence-electron chi connectivity index (χ3n) is 5.44. The van der Waals surface area contributed by atoms with Crippen molar-refractivity contribution in [3.8, 4) is 0 Å². The molecule has 3 aromatic rings. The summed E-state index contributed by atoms with van der Waals surface area (Å²) in [6.07, 6.45) is 1.71. The van der Waals surface area contributed by atoms with E-state index in [0.29, 0.717) is 25.5 Å². The number of amides is 2. The molecule has 2 amide bonds. The molecular formula is C23H26N4O3. The summed E-state index contributed by atoms with van der Waals surface area (Å²) in [6.45, 7) is 3.15. The first kappa shape index (κ1) is 20.1. The average molecular weight is 406 g/mol. The minimum atomic E-state index is -0.607. The zero-order chi connectivity index (χ0) is 21.1. The van der Waals surface area contributed by atoms with Gasteiger partial charge in [-0.15, -0.1) is 0 Å². The van der Waals surface area contributed by atoms with Crippen LogP contribution in [0.5, 0.6) is 0 Å². The van der Waals surface area contributed by atoms with Crippen molar-refractivity contribution in [2.75, 3.05) is 30.5 Å². The molecule has 7 nitrogen and oxygen atoms in total. The van der Waals surface area contributed by atoms with Gasteiger partial charge >= 0.3 is 0 Å². The van der Waals surface area contributed by atoms with Gasteiger partial charge in [-0.2, -0.15) is 0 Å². The van der Waals surface area contributed by atoms with E-state index in [-0.39, 0.29) is 18.2 Å². The van der Waals surface area contributed by atoms with Crippen molar-refractivity contribution in [2.24, 2.45) is 0 Å². The van der Waals surface area contributed by atoms with Crippen LogP contribution in [0.3, 0.4) is 0 Å². The fourth-order valence-corrected chi connectivity index (χ4v) is 3.89. The highest BCUT2D eigenvalue weighted by molar-refractivity contribution is 6.05. The van der Waals surface area contributed by atoms with Crippen LogP contribution >= 0.6 is 0 Å². The van der Waals surface area contributed by atoms with Gasteiger partial charge in [-0.3, -0.25) is 19.1 Å². The molecule has 0 radical (unpaired) electrons. The highest BCUT2D eigenvalue weighted by Crippen LogP contribution is 2.36. The van der Waals surface area contributed by atoms with Crippen LogP contribution in [0.1, 0.15) is 31.4 Å². The Kier molecular flexibility index (Phi) is 5.81. The van der Waals surface area contributed by atoms with E-state index in [4.69, 9.17) is 4.74 Å². The number of aryl methyl sites for hydroxylation is 1. The largest absolute Gasteiger partial charge is 0.385 e. The molecule has 0 unspecified atom stereocenters. The standard InChI is InChI=1S/C23H26N4O3/c1-3-16-9-11-17(12-10-16)24-21(28)15-20-22(29)26(13-6-14-30-2)23-25-18-7-4-5-8-19(18)27(20)23/h4-5,7-12,20H,3,6,13-15H2,1-2H3,(H,24,28)/t20-/m0/s1. The van der Waals surface area contributed by atoms with E-state index in [0.717, 1.165) is 23.1 Å². The maximum atomic E-state index is 13.2. The lowest BCUT2D eigenvalue weighted by Gasteiger charge is -2.15. The fourth-order valence-electron chi connectivity index (χ4n) is 3.89. The van der Waals surface area contributed by atoms with Gasteiger partial charge in [0.1, 0.15) is 6.04 Å². The molecule has 156 valence electrons. The van der Waals surface area contributed by atoms with Crippen molar-refractivity contribution >= 4 is 34.5 Å². The molecule has 1 aliphatic heterocycles. The third-order valence-corrected chi connectivity index (χ3v) is 5.44. The number of benzene rings is 2. The van der Waals surface area contributed by atoms with E-state index < -0.39 is 6.04 Å². The van der Waals surface area contributed by atoms with Gasteiger partial charge in [0.2, 0.25) is 11.9 Å². The molecule has 0 bridgehead atoms. The van der Waals surface area contributed by atoms with Crippen LogP contribution in [0, 0.1) is 0 Å². The number of carbonyl (C=O) groups is 2. The summed E-state index contributed by atoms with van der Waals surface area (Å²) in [4.78, 5) is 32.3. The number of carbonyl (C=O) groups excluding carboxylic acids is 2. The fraction of sp³-hybridized carbons (Fsp3) is 0.348. The van der Waals surface area contributed by atoms with Crippen LogP contribution in [0.4, 0.5) is 11.6 Å². The smallest absolute Gasteiger partial charge is 0.253 e. The topological polar surface area (TPSA) is 76.5 Å². The average Bonchev–Trinajstić information content (AvgIpc) is 3.24. The van der Waals surface area contributed by atoms with Crippen molar-refractivity contribution in [1.82, 2.24) is 9.55 Å². The predicted molar refractivity (Wildman–Crippen MR) is 117 cm³/mol. The second-order valence-corrected chi connectivity index (χ2v) is 7.43. The van der Waals surface area contributed by atoms with Gasteiger partial charge < -0.3 is 10.1 Å². The Morgan fingerprint density at radius 3 is 2.67 bits per heavy atom. The van der Waals surface area contributed by atoms with Crippen molar-refractivity contribution < 1.29 is 14.3 Å². The molecule has 1 atom stereocenters. The molecule has 2 heterocycles. The molecule has 30 heavy (non-hydrogen) atoms. The van der Waals surface area contributed by atoms with E-state index in [1.54, 1.807) is 12.0 Å². The van der Waals surface area contributed by atoms with Crippen LogP contribution < -0.4 is 10.2 Å². The zero-order valence-electron chi connectivity index (χ0n) is 17.3. The molecule has 0 fully saturated rings. The van der Waals surface area contributed by atoms with Crippen molar-refractivity contribution in [1.29, 1.82) is 0 Å². The highest BCUT2D eigenvalue weighted by atomic mass is 16.5. The lowest BCUT2D eigenvalue weighted by molar-refractivity contribution is -0.124. The van der Waals surface area contributed by atoms with Gasteiger partial charge in [0.05, 0.1) is 17.5 Å². The Hall–Kier alpha value is -3.19. The number of imidazole rings is 1. The Balaban J connectivity index is 1.57. The molecule has 7 heteroatoms. The van der Waals surface area contributed by atoms with Gasteiger partial charge in [-0.1, -0.05) is 31.2 Å². The van der Waals surface area contributed by atoms with Gasteiger partial charge in [-0.25, -0.2) is 4.98 Å². The quantitative estimate of drug-likeness (QED) is 0.581. The molecule has 1 N–H and O–H groups in total. The van der Waals surface area contributed by atoms with E-state index in [2.05, 4.69) is 17.2 Å². The number of hydrogen-bond donors (Lipinski definition) is 1. The Bertz CT molecular complexity index is 1060. The lowest BCUT2D eigenvalue weighted by Crippen LogP contribution is -2.32. The Morgan fingerprint density at radius 2 is 1.93 bits per heavy atom. The summed E-state index contributed by atoms with van der Waals surface area (Å²) in [7, 11) is 1.64. The zero-order valence-corrected chi connectivity index (χ0v) is 17.3. The third kappa shape index (κ3) is 3.80. The molecule has 0 saturated heterocycles. The van der Waals surface area contributed by atoms with Crippen LogP contribution in [-0.2, 0) is 20.7 Å². The number of nitrogens with one attached hydrogen (secondary N) is 1. The van der Waals surface area contributed by atoms with Crippen molar-refractivity contribution in [3.63, 3.8) is 0 Å². The molecule has 1 aromatic heterocycles. The minimum absolute atomic E-state index is 0.0580. The summed E-state index contributed by atoms with van der Waals surface area (Å²) >= 11 is 0. The number of methoxy groups -OCH3 is 1. The van der Waals surface area contributed by atoms with Gasteiger partial charge in [0.15, 0.2) is 0 Å². The minimum Gasteiger partial charge on any atom is -0.385 e. The maximum Gasteiger partial charge on any atom is 0.253 e. The van der Waals surface area contributed by atoms with Crippen LogP contribution in [0.25, 0.3) is 11.0 Å². The van der Waals surface area contributed by atoms with Crippen LogP contribution in [-0.4, -0.2) is 41.6 Å². The molecule has 0 saturated carbocycles. The number of aromatic nitrogens is 2. The summed E-state index contributed by atoms with van der Waals surface area (Å²) in [5.74, 6) is 0.304. The second-order valence-electron chi connectivity index (χ2n) is 7.43. The Labute approximate surface area is 175 Å². The van der Waals surface area contributed by atoms with E-state index in [9.17, 15) is 9.59 Å². The molecule has 0 spiro atoms. The van der Waals surface area contributed by atoms with Crippen LogP contribution in [0.15, 0.2) is 48.5 Å². The maximum absolute atomic E-state index is 13.2. The van der Waals surface area contributed by atoms with Crippen molar-refractivity contribution in [3.05, 3.63) is 54.1 Å². The van der Waals surface area contributed by atoms with Gasteiger partial charge in [0.25, 0.3) is 5.91 Å². The normalized spacial score (nSPS) is 15.6. The molecule has 1 aliphatic rings. The first-order valence-corrected chi connectivity index (χ1v) is 10.3. The van der Waals surface area contributed by atoms with E-state index in [1.807, 2.05) is 53.1 Å². The monoisotopic (exact) mass is 406 g/mol. The van der Waals surface area contributed by atoms with E-state index in [1.165, 1.54) is 5.56 Å². The lowest BCUT2D eigenvalue weighted by atomic mass is 10.1. The SMILES string of the molecule is CCc1ccc(NC(=O)C[C@H]2C(=O)N(CCCOC)c3nc4ccccc4n32)cc1. The number of ether oxygens (including phenoxy) is 1. The van der Waals surface area contributed by atoms with Gasteiger partial charge in [0, 0.05) is 25.9 Å². The summed E-state index contributed by atoms with van der Waals surface area (Å²) in [6, 6.07) is 14.9. The number of rotatable bonds is 8. The Morgan fingerprint density at radius 1 is 1.17 bits per heavy atom. The summed E-state index contributed by atoms with van der Waals surface area (Å²) in [5, 5.41) is 2.92.